The van der Waals surface area contributed by atoms with Gasteiger partial charge < -0.3 is 14.0 Å². The van der Waals surface area contributed by atoms with Crippen molar-refractivity contribution in [3.63, 3.8) is 0 Å². The average Bonchev–Trinajstić information content (AvgIpc) is 3.20. The monoisotopic (exact) mass is 392 g/mol. The third-order valence-electron chi connectivity index (χ3n) is 3.83. The number of fused-ring (bicyclic) bond motifs is 1. The van der Waals surface area contributed by atoms with Gasteiger partial charge in [-0.15, -0.1) is 11.3 Å². The van der Waals surface area contributed by atoms with Crippen LogP contribution in [0.15, 0.2) is 39.8 Å². The minimum atomic E-state index is -3.75. The van der Waals surface area contributed by atoms with E-state index in [1.165, 1.54) is 11.3 Å². The van der Waals surface area contributed by atoms with Crippen LogP contribution in [-0.4, -0.2) is 26.8 Å². The van der Waals surface area contributed by atoms with Crippen molar-refractivity contribution in [2.75, 3.05) is 17.9 Å². The van der Waals surface area contributed by atoms with Crippen molar-refractivity contribution >= 4 is 27.0 Å². The minimum absolute atomic E-state index is 0.210. The molecule has 0 saturated heterocycles. The number of benzene rings is 1. The Kier molecular flexibility index (Phi) is 4.12. The zero-order valence-electron chi connectivity index (χ0n) is 14.1. The molecule has 1 N–H and O–H groups in total. The molecule has 7 nitrogen and oxygen atoms in total. The quantitative estimate of drug-likeness (QED) is 0.730. The lowest BCUT2D eigenvalue weighted by Gasteiger charge is -2.19. The van der Waals surface area contributed by atoms with Crippen LogP contribution in [0.2, 0.25) is 0 Å². The van der Waals surface area contributed by atoms with Gasteiger partial charge in [0.2, 0.25) is 0 Å². The summed E-state index contributed by atoms with van der Waals surface area (Å²) in [4.78, 5) is 1.59. The smallest absolute Gasteiger partial charge is 0.263 e. The normalized spacial score (nSPS) is 13.6. The summed E-state index contributed by atoms with van der Waals surface area (Å²) >= 11 is 1.34. The van der Waals surface area contributed by atoms with Gasteiger partial charge >= 0.3 is 0 Å². The van der Waals surface area contributed by atoms with E-state index in [1.54, 1.807) is 37.3 Å². The summed E-state index contributed by atoms with van der Waals surface area (Å²) in [5.41, 5.74) is 1.15. The van der Waals surface area contributed by atoms with Gasteiger partial charge in [0.25, 0.3) is 10.0 Å². The van der Waals surface area contributed by atoms with Crippen LogP contribution in [-0.2, 0) is 10.0 Å². The van der Waals surface area contributed by atoms with E-state index < -0.39 is 10.0 Å². The number of nitrogens with zero attached hydrogens (tertiary/aromatic N) is 1. The number of rotatable bonds is 4. The van der Waals surface area contributed by atoms with Crippen molar-refractivity contribution < 1.29 is 22.4 Å². The fourth-order valence-corrected chi connectivity index (χ4v) is 5.24. The van der Waals surface area contributed by atoms with Crippen molar-refractivity contribution in [1.82, 2.24) is 5.16 Å². The Morgan fingerprint density at radius 1 is 1.08 bits per heavy atom. The maximum absolute atomic E-state index is 12.8. The first-order valence-corrected chi connectivity index (χ1v) is 10.2. The summed E-state index contributed by atoms with van der Waals surface area (Å²) in [5, 5.41) is 3.84. The fraction of sp³-hybridized carbons (Fsp3) is 0.235. The van der Waals surface area contributed by atoms with E-state index in [4.69, 9.17) is 14.0 Å². The zero-order chi connectivity index (χ0) is 18.3. The first-order chi connectivity index (χ1) is 12.4. The van der Waals surface area contributed by atoms with Crippen molar-refractivity contribution in [2.45, 2.75) is 18.7 Å². The second kappa shape index (κ2) is 6.33. The molecule has 0 spiro atoms. The van der Waals surface area contributed by atoms with Gasteiger partial charge in [-0.05, 0) is 32.0 Å². The molecular weight excluding hydrogens is 376 g/mol. The maximum Gasteiger partial charge on any atom is 0.263 e. The van der Waals surface area contributed by atoms with Gasteiger partial charge in [-0.25, -0.2) is 8.42 Å². The number of nitrogens with one attached hydrogen (secondary N) is 1. The Morgan fingerprint density at radius 2 is 1.85 bits per heavy atom. The Balaban J connectivity index is 1.64. The lowest BCUT2D eigenvalue weighted by Crippen LogP contribution is -2.16. The summed E-state index contributed by atoms with van der Waals surface area (Å²) in [6.07, 6.45) is 0. The van der Waals surface area contributed by atoms with Crippen LogP contribution in [0.1, 0.15) is 10.6 Å². The van der Waals surface area contributed by atoms with Crippen LogP contribution < -0.4 is 14.2 Å². The molecule has 136 valence electrons. The van der Waals surface area contributed by atoms with E-state index >= 15 is 0 Å². The molecule has 3 aromatic rings. The highest BCUT2D eigenvalue weighted by molar-refractivity contribution is 7.93. The standard InChI is InChI=1S/C17H16N2O5S2/c1-10-7-15(24-18-10)16-9-17(11(2)25-16)26(20,21)19-12-3-4-13-14(8-12)23-6-5-22-13/h3-4,7-9,19H,5-6H2,1-2H3. The summed E-state index contributed by atoms with van der Waals surface area (Å²) in [6, 6.07) is 8.33. The molecule has 0 saturated carbocycles. The van der Waals surface area contributed by atoms with E-state index in [0.717, 1.165) is 5.69 Å². The van der Waals surface area contributed by atoms with Gasteiger partial charge in [0.1, 0.15) is 18.1 Å². The number of thiophene rings is 1. The summed E-state index contributed by atoms with van der Waals surface area (Å²) in [7, 11) is -3.75. The summed E-state index contributed by atoms with van der Waals surface area (Å²) < 4.78 is 44.4. The van der Waals surface area contributed by atoms with Crippen molar-refractivity contribution in [3.8, 4) is 22.1 Å². The van der Waals surface area contributed by atoms with Crippen molar-refractivity contribution in [2.24, 2.45) is 0 Å². The van der Waals surface area contributed by atoms with Gasteiger partial charge in [-0.1, -0.05) is 5.16 Å². The Hall–Kier alpha value is -2.52. The lowest BCUT2D eigenvalue weighted by atomic mass is 10.3. The molecule has 3 heterocycles. The number of ether oxygens (including phenoxy) is 2. The van der Waals surface area contributed by atoms with E-state index in [0.29, 0.717) is 45.9 Å². The fourth-order valence-electron chi connectivity index (χ4n) is 2.65. The van der Waals surface area contributed by atoms with Crippen LogP contribution >= 0.6 is 11.3 Å². The topological polar surface area (TPSA) is 90.7 Å². The maximum atomic E-state index is 12.8. The largest absolute Gasteiger partial charge is 0.486 e. The van der Waals surface area contributed by atoms with Crippen LogP contribution in [0.25, 0.3) is 10.6 Å². The van der Waals surface area contributed by atoms with Crippen LogP contribution in [0.3, 0.4) is 0 Å². The predicted molar refractivity (Wildman–Crippen MR) is 97.5 cm³/mol. The highest BCUT2D eigenvalue weighted by atomic mass is 32.2. The molecule has 0 fully saturated rings. The third kappa shape index (κ3) is 3.15. The minimum Gasteiger partial charge on any atom is -0.486 e. The Bertz CT molecular complexity index is 1070. The van der Waals surface area contributed by atoms with E-state index in [9.17, 15) is 8.42 Å². The molecule has 2 aromatic heterocycles. The number of sulfonamides is 1. The molecular formula is C17H16N2O5S2. The Morgan fingerprint density at radius 3 is 2.58 bits per heavy atom. The second-order valence-electron chi connectivity index (χ2n) is 5.83. The van der Waals surface area contributed by atoms with Crippen molar-refractivity contribution in [3.05, 3.63) is 40.9 Å². The molecule has 1 aromatic carbocycles. The predicted octanol–water partition coefficient (Wildman–Crippen LogP) is 3.59. The molecule has 0 unspecified atom stereocenters. The van der Waals surface area contributed by atoms with Gasteiger partial charge in [-0.3, -0.25) is 4.72 Å². The summed E-state index contributed by atoms with van der Waals surface area (Å²) in [5.74, 6) is 1.68. The number of hydrogen-bond acceptors (Lipinski definition) is 7. The van der Waals surface area contributed by atoms with Crippen molar-refractivity contribution in [1.29, 1.82) is 0 Å². The first kappa shape index (κ1) is 16.9. The molecule has 0 atom stereocenters. The summed E-state index contributed by atoms with van der Waals surface area (Å²) in [6.45, 7) is 4.49. The number of anilines is 1. The molecule has 0 amide bonds. The van der Waals surface area contributed by atoms with E-state index in [2.05, 4.69) is 9.88 Å². The molecule has 1 aliphatic heterocycles. The van der Waals surface area contributed by atoms with Gasteiger partial charge in [0, 0.05) is 17.0 Å². The number of aromatic nitrogens is 1. The zero-order valence-corrected chi connectivity index (χ0v) is 15.7. The van der Waals surface area contributed by atoms with Crippen LogP contribution in [0.4, 0.5) is 5.69 Å². The molecule has 4 rings (SSSR count). The van der Waals surface area contributed by atoms with Crippen LogP contribution in [0, 0.1) is 13.8 Å². The molecule has 26 heavy (non-hydrogen) atoms. The number of aryl methyl sites for hydroxylation is 2. The number of hydrogen-bond donors (Lipinski definition) is 1. The SMILES string of the molecule is Cc1cc(-c2cc(S(=O)(=O)Nc3ccc4c(c3)OCCO4)c(C)s2)on1. The van der Waals surface area contributed by atoms with Gasteiger partial charge in [-0.2, -0.15) is 0 Å². The second-order valence-corrected chi connectivity index (χ2v) is 8.73. The molecule has 0 radical (unpaired) electrons. The first-order valence-electron chi connectivity index (χ1n) is 7.89. The van der Waals surface area contributed by atoms with Gasteiger partial charge in [0.15, 0.2) is 17.3 Å². The highest BCUT2D eigenvalue weighted by Gasteiger charge is 2.23. The van der Waals surface area contributed by atoms with E-state index in [-0.39, 0.29) is 4.90 Å². The molecule has 0 bridgehead atoms. The molecule has 9 heteroatoms. The Labute approximate surface area is 154 Å². The lowest BCUT2D eigenvalue weighted by molar-refractivity contribution is 0.171. The van der Waals surface area contributed by atoms with Gasteiger partial charge in [0.05, 0.1) is 16.3 Å². The molecule has 1 aliphatic rings. The molecule has 0 aliphatic carbocycles. The van der Waals surface area contributed by atoms with E-state index in [1.807, 2.05) is 6.92 Å². The van der Waals surface area contributed by atoms with Crippen LogP contribution in [0.5, 0.6) is 11.5 Å². The average molecular weight is 392 g/mol. The highest BCUT2D eigenvalue weighted by Crippen LogP contribution is 2.36. The third-order valence-corrected chi connectivity index (χ3v) is 6.53.